The molecule has 0 fully saturated rings. The normalized spacial score (nSPS) is 11.8. The first-order chi connectivity index (χ1) is 6.69. The first-order valence-corrected chi connectivity index (χ1v) is 4.90. The van der Waals surface area contributed by atoms with Gasteiger partial charge in [-0.3, -0.25) is 0 Å². The predicted octanol–water partition coefficient (Wildman–Crippen LogP) is 2.23. The predicted molar refractivity (Wildman–Crippen MR) is 52.4 cm³/mol. The highest BCUT2D eigenvalue weighted by molar-refractivity contribution is 7.14. The number of carbonyl (C=O) groups is 1. The van der Waals surface area contributed by atoms with Gasteiger partial charge in [-0.1, -0.05) is 6.92 Å². The molecule has 0 saturated heterocycles. The largest absolute Gasteiger partial charge is 0.477 e. The lowest BCUT2D eigenvalue weighted by atomic mass is 10.2. The molecule has 1 N–H and O–H groups in total. The highest BCUT2D eigenvalue weighted by Gasteiger charge is 2.13. The molecule has 1 unspecified atom stereocenters. The molecule has 0 radical (unpaired) electrons. The van der Waals surface area contributed by atoms with Gasteiger partial charge in [0.05, 0.1) is 6.04 Å². The smallest absolute Gasteiger partial charge is 0.345 e. The van der Waals surface area contributed by atoms with Crippen LogP contribution in [0.5, 0.6) is 0 Å². The maximum Gasteiger partial charge on any atom is 0.345 e. The van der Waals surface area contributed by atoms with Crippen LogP contribution in [0.15, 0.2) is 17.1 Å². The molecule has 74 valence electrons. The highest BCUT2D eigenvalue weighted by Crippen LogP contribution is 2.27. The maximum atomic E-state index is 10.6. The topological polar surface area (TPSA) is 66.7 Å². The van der Waals surface area contributed by atoms with Gasteiger partial charge in [-0.05, 0) is 18.6 Å². The zero-order valence-corrected chi connectivity index (χ0v) is 8.37. The summed E-state index contributed by atoms with van der Waals surface area (Å²) in [6.45, 7) is 1.88. The minimum absolute atomic E-state index is 0.259. The van der Waals surface area contributed by atoms with E-state index in [0.717, 1.165) is 16.2 Å². The molecule has 0 aliphatic carbocycles. The summed E-state index contributed by atoms with van der Waals surface area (Å²) in [6.07, 6.45) is 2.15. The number of isocyanates is 1. The average molecular weight is 211 g/mol. The van der Waals surface area contributed by atoms with Gasteiger partial charge in [0.1, 0.15) is 4.88 Å². The van der Waals surface area contributed by atoms with E-state index in [4.69, 9.17) is 5.11 Å². The number of nitrogens with zero attached hydrogens (tertiary/aromatic N) is 1. The van der Waals surface area contributed by atoms with Crippen LogP contribution in [0.2, 0.25) is 0 Å². The van der Waals surface area contributed by atoms with Crippen LogP contribution in [-0.2, 0) is 4.79 Å². The van der Waals surface area contributed by atoms with Gasteiger partial charge in [0.25, 0.3) is 0 Å². The highest BCUT2D eigenvalue weighted by atomic mass is 32.1. The number of hydrogen-bond acceptors (Lipinski definition) is 4. The Bertz CT molecular complexity index is 379. The molecule has 1 rings (SSSR count). The summed E-state index contributed by atoms with van der Waals surface area (Å²) in [6, 6.07) is 2.94. The van der Waals surface area contributed by atoms with Crippen molar-refractivity contribution in [3.05, 3.63) is 21.9 Å². The Labute approximate surface area is 84.9 Å². The minimum atomic E-state index is -0.953. The number of aromatic carboxylic acids is 1. The van der Waals surface area contributed by atoms with Gasteiger partial charge in [0.2, 0.25) is 6.08 Å². The van der Waals surface area contributed by atoms with E-state index < -0.39 is 5.97 Å². The Kier molecular flexibility index (Phi) is 3.56. The Hall–Kier alpha value is -1.45. The molecule has 5 heteroatoms. The Morgan fingerprint density at radius 3 is 2.86 bits per heavy atom. The number of thiophene rings is 1. The fourth-order valence-electron chi connectivity index (χ4n) is 1.07. The third kappa shape index (κ3) is 2.28. The van der Waals surface area contributed by atoms with Gasteiger partial charge < -0.3 is 5.11 Å². The zero-order valence-electron chi connectivity index (χ0n) is 7.56. The number of rotatable bonds is 4. The summed E-state index contributed by atoms with van der Waals surface area (Å²) < 4.78 is 0. The molecule has 0 spiro atoms. The monoisotopic (exact) mass is 211 g/mol. The van der Waals surface area contributed by atoms with Crippen LogP contribution in [0.3, 0.4) is 0 Å². The van der Waals surface area contributed by atoms with E-state index in [2.05, 4.69) is 4.99 Å². The Morgan fingerprint density at radius 1 is 1.71 bits per heavy atom. The van der Waals surface area contributed by atoms with Gasteiger partial charge in [0.15, 0.2) is 0 Å². The van der Waals surface area contributed by atoms with Crippen molar-refractivity contribution in [1.82, 2.24) is 0 Å². The second-order valence-electron chi connectivity index (χ2n) is 2.65. The van der Waals surface area contributed by atoms with Crippen molar-refractivity contribution < 1.29 is 14.7 Å². The van der Waals surface area contributed by atoms with E-state index >= 15 is 0 Å². The van der Waals surface area contributed by atoms with E-state index in [1.165, 1.54) is 12.1 Å². The van der Waals surface area contributed by atoms with E-state index in [0.29, 0.717) is 6.42 Å². The van der Waals surface area contributed by atoms with Crippen molar-refractivity contribution in [3.63, 3.8) is 0 Å². The molecular weight excluding hydrogens is 202 g/mol. The summed E-state index contributed by atoms with van der Waals surface area (Å²) >= 11 is 1.14. The van der Waals surface area contributed by atoms with Gasteiger partial charge in [-0.2, -0.15) is 4.99 Å². The minimum Gasteiger partial charge on any atom is -0.477 e. The summed E-state index contributed by atoms with van der Waals surface area (Å²) in [5.74, 6) is -0.953. The molecule has 1 aromatic heterocycles. The summed E-state index contributed by atoms with van der Waals surface area (Å²) in [5.41, 5.74) is 0. The molecule has 1 heterocycles. The number of aliphatic imine (C=N–C) groups is 1. The third-order valence-electron chi connectivity index (χ3n) is 1.76. The molecule has 0 aliphatic rings. The molecule has 1 aromatic rings. The second kappa shape index (κ2) is 4.69. The van der Waals surface area contributed by atoms with Gasteiger partial charge >= 0.3 is 5.97 Å². The molecule has 0 amide bonds. The van der Waals surface area contributed by atoms with Crippen LogP contribution in [0.4, 0.5) is 0 Å². The van der Waals surface area contributed by atoms with E-state index in [1.807, 2.05) is 6.92 Å². The fraction of sp³-hybridized carbons (Fsp3) is 0.333. The van der Waals surface area contributed by atoms with Crippen LogP contribution >= 0.6 is 11.3 Å². The first-order valence-electron chi connectivity index (χ1n) is 4.09. The third-order valence-corrected chi connectivity index (χ3v) is 2.94. The molecular formula is C9H9NO3S. The number of carboxylic acids is 1. The van der Waals surface area contributed by atoms with Gasteiger partial charge in [-0.25, -0.2) is 9.59 Å². The van der Waals surface area contributed by atoms with Crippen LogP contribution in [-0.4, -0.2) is 17.2 Å². The molecule has 0 aliphatic heterocycles. The van der Waals surface area contributed by atoms with Crippen LogP contribution in [0, 0.1) is 0 Å². The van der Waals surface area contributed by atoms with Crippen molar-refractivity contribution >= 4 is 23.4 Å². The summed E-state index contributed by atoms with van der Waals surface area (Å²) in [5, 5.41) is 8.68. The molecule has 4 nitrogen and oxygen atoms in total. The van der Waals surface area contributed by atoms with Crippen molar-refractivity contribution in [3.8, 4) is 0 Å². The van der Waals surface area contributed by atoms with E-state index in [-0.39, 0.29) is 10.9 Å². The van der Waals surface area contributed by atoms with Crippen molar-refractivity contribution in [2.24, 2.45) is 4.99 Å². The van der Waals surface area contributed by atoms with Crippen LogP contribution in [0.25, 0.3) is 0 Å². The lowest BCUT2D eigenvalue weighted by molar-refractivity contribution is 0.0702. The van der Waals surface area contributed by atoms with Crippen molar-refractivity contribution in [2.45, 2.75) is 19.4 Å². The fourth-order valence-corrected chi connectivity index (χ4v) is 2.04. The van der Waals surface area contributed by atoms with Crippen LogP contribution in [0.1, 0.15) is 33.9 Å². The van der Waals surface area contributed by atoms with Crippen LogP contribution < -0.4 is 0 Å². The number of carbonyl (C=O) groups excluding carboxylic acids is 1. The molecule has 0 bridgehead atoms. The molecule has 0 saturated carbocycles. The van der Waals surface area contributed by atoms with E-state index in [1.54, 1.807) is 6.07 Å². The van der Waals surface area contributed by atoms with Gasteiger partial charge in [-0.15, -0.1) is 11.3 Å². The van der Waals surface area contributed by atoms with Crippen molar-refractivity contribution in [1.29, 1.82) is 0 Å². The van der Waals surface area contributed by atoms with Gasteiger partial charge in [0, 0.05) is 4.88 Å². The Morgan fingerprint density at radius 2 is 2.43 bits per heavy atom. The second-order valence-corrected chi connectivity index (χ2v) is 3.77. The molecule has 0 aromatic carbocycles. The summed E-state index contributed by atoms with van der Waals surface area (Å²) in [4.78, 5) is 25.3. The van der Waals surface area contributed by atoms with E-state index in [9.17, 15) is 9.59 Å². The molecule has 1 atom stereocenters. The maximum absolute atomic E-state index is 10.6. The van der Waals surface area contributed by atoms with Crippen molar-refractivity contribution in [2.75, 3.05) is 0 Å². The molecule has 14 heavy (non-hydrogen) atoms. The number of carboxylic acid groups (broad SMARTS) is 1. The SMILES string of the molecule is CCC(N=C=O)c1ccc(C(=O)O)s1. The first kappa shape index (κ1) is 10.6. The number of hydrogen-bond donors (Lipinski definition) is 1. The lowest BCUT2D eigenvalue weighted by Gasteiger charge is -2.02. The zero-order chi connectivity index (χ0) is 10.6. The standard InChI is InChI=1S/C9H9NO3S/c1-2-6(10-5-11)7-3-4-8(14-7)9(12)13/h3-4,6H,2H2,1H3,(H,12,13). The summed E-state index contributed by atoms with van der Waals surface area (Å²) in [7, 11) is 0. The average Bonchev–Trinajstić information content (AvgIpc) is 2.63. The quantitative estimate of drug-likeness (QED) is 0.613. The lowest BCUT2D eigenvalue weighted by Crippen LogP contribution is -1.91. The Balaban J connectivity index is 2.94.